The average molecular weight is 505 g/mol. The smallest absolute Gasteiger partial charge is 0.281 e. The van der Waals surface area contributed by atoms with E-state index >= 15 is 0 Å². The van der Waals surface area contributed by atoms with Gasteiger partial charge in [-0.3, -0.25) is 4.79 Å². The van der Waals surface area contributed by atoms with E-state index in [1.165, 1.54) is 0 Å². The van der Waals surface area contributed by atoms with Crippen molar-refractivity contribution in [2.45, 2.75) is 32.2 Å². The standard InChI is InChI=1S/C29H26Cl2N2O2/c1-19-5-2-3-8-26(19)35-18-27(34)33-29(21-11-15-24(31)16-12-21)25-7-4-6-22(28(25)32-33)17-20-9-13-23(30)14-10-20/h2-3,5,8-17,25,29H,4,6-7,18H2,1H3/b22-17-/t25-,29-/m1/s1. The fraction of sp³-hybridized carbons (Fsp3) is 0.241. The monoisotopic (exact) mass is 504 g/mol. The first-order valence-electron chi connectivity index (χ1n) is 11.8. The lowest BCUT2D eigenvalue weighted by molar-refractivity contribution is -0.135. The van der Waals surface area contributed by atoms with Gasteiger partial charge in [0.15, 0.2) is 6.61 Å². The molecule has 1 fully saturated rings. The van der Waals surface area contributed by atoms with E-state index in [9.17, 15) is 4.79 Å². The van der Waals surface area contributed by atoms with Crippen LogP contribution < -0.4 is 4.74 Å². The molecule has 0 bridgehead atoms. The van der Waals surface area contributed by atoms with Crippen LogP contribution in [0.4, 0.5) is 0 Å². The topological polar surface area (TPSA) is 41.9 Å². The molecule has 3 aromatic carbocycles. The number of fused-ring (bicyclic) bond motifs is 1. The number of hydrazone groups is 1. The third-order valence-corrected chi connectivity index (χ3v) is 7.13. The van der Waals surface area contributed by atoms with E-state index < -0.39 is 0 Å². The molecule has 4 nitrogen and oxygen atoms in total. The number of benzene rings is 3. The molecule has 178 valence electrons. The van der Waals surface area contributed by atoms with Crippen LogP contribution >= 0.6 is 23.2 Å². The number of nitrogens with zero attached hydrogens (tertiary/aromatic N) is 2. The zero-order chi connectivity index (χ0) is 24.4. The summed E-state index contributed by atoms with van der Waals surface area (Å²) in [5.41, 5.74) is 5.23. The minimum atomic E-state index is -0.191. The minimum absolute atomic E-state index is 0.0747. The molecule has 0 saturated heterocycles. The molecule has 2 atom stereocenters. The Morgan fingerprint density at radius 3 is 2.43 bits per heavy atom. The molecule has 0 aromatic heterocycles. The fourth-order valence-electron chi connectivity index (χ4n) is 4.88. The highest BCUT2D eigenvalue weighted by molar-refractivity contribution is 6.30. The predicted molar refractivity (Wildman–Crippen MR) is 142 cm³/mol. The number of halogens is 2. The van der Waals surface area contributed by atoms with Crippen LogP contribution in [0.15, 0.2) is 83.5 Å². The van der Waals surface area contributed by atoms with E-state index in [0.717, 1.165) is 47.2 Å². The quantitative estimate of drug-likeness (QED) is 0.360. The number of aryl methyl sites for hydroxylation is 1. The van der Waals surface area contributed by atoms with E-state index in [2.05, 4.69) is 6.08 Å². The van der Waals surface area contributed by atoms with Crippen molar-refractivity contribution in [2.24, 2.45) is 11.0 Å². The van der Waals surface area contributed by atoms with Crippen LogP contribution in [0.25, 0.3) is 6.08 Å². The van der Waals surface area contributed by atoms with Gasteiger partial charge in [-0.1, -0.05) is 65.7 Å². The van der Waals surface area contributed by atoms with Crippen molar-refractivity contribution in [1.29, 1.82) is 0 Å². The molecule has 1 aliphatic carbocycles. The van der Waals surface area contributed by atoms with Gasteiger partial charge in [-0.2, -0.15) is 5.10 Å². The van der Waals surface area contributed by atoms with Gasteiger partial charge >= 0.3 is 0 Å². The van der Waals surface area contributed by atoms with Crippen LogP contribution in [0, 0.1) is 12.8 Å². The predicted octanol–water partition coefficient (Wildman–Crippen LogP) is 7.50. The lowest BCUT2D eigenvalue weighted by Gasteiger charge is -2.29. The summed E-state index contributed by atoms with van der Waals surface area (Å²) < 4.78 is 5.89. The van der Waals surface area contributed by atoms with Crippen LogP contribution in [-0.4, -0.2) is 23.2 Å². The summed E-state index contributed by atoms with van der Waals surface area (Å²) in [6, 6.07) is 23.0. The summed E-state index contributed by atoms with van der Waals surface area (Å²) in [4.78, 5) is 13.5. The molecule has 6 heteroatoms. The van der Waals surface area contributed by atoms with Crippen LogP contribution in [0.1, 0.15) is 42.0 Å². The van der Waals surface area contributed by atoms with Crippen molar-refractivity contribution in [3.8, 4) is 5.75 Å². The van der Waals surface area contributed by atoms with Crippen molar-refractivity contribution in [2.75, 3.05) is 6.61 Å². The number of ether oxygens (including phenoxy) is 1. The van der Waals surface area contributed by atoms with Crippen molar-refractivity contribution < 1.29 is 9.53 Å². The van der Waals surface area contributed by atoms with E-state index in [1.807, 2.05) is 79.7 Å². The average Bonchev–Trinajstić information content (AvgIpc) is 3.26. The molecule has 0 spiro atoms. The number of carbonyl (C=O) groups excluding carboxylic acids is 1. The van der Waals surface area contributed by atoms with Gasteiger partial charge in [0.05, 0.1) is 11.8 Å². The number of hydrogen-bond donors (Lipinski definition) is 0. The van der Waals surface area contributed by atoms with Gasteiger partial charge in [-0.15, -0.1) is 0 Å². The highest BCUT2D eigenvalue weighted by atomic mass is 35.5. The number of carbonyl (C=O) groups is 1. The Morgan fingerprint density at radius 2 is 1.71 bits per heavy atom. The molecular weight excluding hydrogens is 479 g/mol. The lowest BCUT2D eigenvalue weighted by Crippen LogP contribution is -2.34. The fourth-order valence-corrected chi connectivity index (χ4v) is 5.14. The second-order valence-corrected chi connectivity index (χ2v) is 9.87. The van der Waals surface area contributed by atoms with Gasteiger partial charge in [0.1, 0.15) is 5.75 Å². The van der Waals surface area contributed by atoms with Crippen LogP contribution in [-0.2, 0) is 4.79 Å². The van der Waals surface area contributed by atoms with Gasteiger partial charge < -0.3 is 4.74 Å². The number of rotatable bonds is 5. The zero-order valence-corrected chi connectivity index (χ0v) is 21.0. The SMILES string of the molecule is Cc1ccccc1OCC(=O)N1N=C2/C(=C\c3ccc(Cl)cc3)CCC[C@H]2[C@H]1c1ccc(Cl)cc1. The number of amides is 1. The Labute approximate surface area is 215 Å². The summed E-state index contributed by atoms with van der Waals surface area (Å²) in [7, 11) is 0. The summed E-state index contributed by atoms with van der Waals surface area (Å²) in [5.74, 6) is 0.656. The molecule has 1 saturated carbocycles. The Morgan fingerprint density at radius 1 is 1.03 bits per heavy atom. The highest BCUT2D eigenvalue weighted by Gasteiger charge is 2.43. The Kier molecular flexibility index (Phi) is 6.94. The third-order valence-electron chi connectivity index (χ3n) is 6.62. The van der Waals surface area contributed by atoms with E-state index in [0.29, 0.717) is 15.8 Å². The number of para-hydroxylation sites is 1. The van der Waals surface area contributed by atoms with E-state index in [-0.39, 0.29) is 24.5 Å². The molecule has 5 rings (SSSR count). The minimum Gasteiger partial charge on any atom is -0.483 e. The van der Waals surface area contributed by atoms with Crippen molar-refractivity contribution >= 4 is 40.9 Å². The molecule has 0 radical (unpaired) electrons. The Balaban J connectivity index is 1.47. The molecule has 2 aliphatic rings. The Bertz CT molecular complexity index is 1280. The molecule has 1 aliphatic heterocycles. The van der Waals surface area contributed by atoms with E-state index in [4.69, 9.17) is 33.0 Å². The summed E-state index contributed by atoms with van der Waals surface area (Å²) in [6.07, 6.45) is 5.09. The van der Waals surface area contributed by atoms with Crippen LogP contribution in [0.5, 0.6) is 5.75 Å². The van der Waals surface area contributed by atoms with E-state index in [1.54, 1.807) is 5.01 Å². The highest BCUT2D eigenvalue weighted by Crippen LogP contribution is 2.44. The maximum Gasteiger partial charge on any atom is 0.281 e. The Hall–Kier alpha value is -3.08. The molecule has 0 unspecified atom stereocenters. The first-order chi connectivity index (χ1) is 17.0. The van der Waals surface area contributed by atoms with Gasteiger partial charge in [-0.05, 0) is 84.9 Å². The lowest BCUT2D eigenvalue weighted by atomic mass is 9.77. The van der Waals surface area contributed by atoms with Gasteiger partial charge in [-0.25, -0.2) is 5.01 Å². The van der Waals surface area contributed by atoms with Crippen molar-refractivity contribution in [3.05, 3.63) is 105 Å². The largest absolute Gasteiger partial charge is 0.483 e. The van der Waals surface area contributed by atoms with Gasteiger partial charge in [0.2, 0.25) is 0 Å². The molecule has 35 heavy (non-hydrogen) atoms. The molecule has 1 amide bonds. The molecule has 0 N–H and O–H groups in total. The van der Waals surface area contributed by atoms with Crippen molar-refractivity contribution in [1.82, 2.24) is 5.01 Å². The maximum atomic E-state index is 13.5. The first kappa shape index (κ1) is 23.7. The molecule has 3 aromatic rings. The second-order valence-electron chi connectivity index (χ2n) is 8.99. The first-order valence-corrected chi connectivity index (χ1v) is 12.6. The number of allylic oxidation sites excluding steroid dienone is 1. The maximum absolute atomic E-state index is 13.5. The summed E-state index contributed by atoms with van der Waals surface area (Å²) >= 11 is 12.2. The summed E-state index contributed by atoms with van der Waals surface area (Å²) in [6.45, 7) is 1.89. The normalized spacial score (nSPS) is 20.5. The van der Waals surface area contributed by atoms with Gasteiger partial charge in [0.25, 0.3) is 5.91 Å². The number of hydrogen-bond acceptors (Lipinski definition) is 3. The molecular formula is C29H26Cl2N2O2. The van der Waals surface area contributed by atoms with Crippen LogP contribution in [0.3, 0.4) is 0 Å². The summed E-state index contributed by atoms with van der Waals surface area (Å²) in [5, 5.41) is 7.92. The molecule has 1 heterocycles. The third kappa shape index (κ3) is 5.14. The van der Waals surface area contributed by atoms with Crippen molar-refractivity contribution in [3.63, 3.8) is 0 Å². The second kappa shape index (κ2) is 10.3. The zero-order valence-electron chi connectivity index (χ0n) is 19.5. The van der Waals surface area contributed by atoms with Gasteiger partial charge in [0, 0.05) is 16.0 Å². The van der Waals surface area contributed by atoms with Crippen LogP contribution in [0.2, 0.25) is 10.0 Å².